The fourth-order valence-corrected chi connectivity index (χ4v) is 2.73. The summed E-state index contributed by atoms with van der Waals surface area (Å²) in [6, 6.07) is 8.81. The summed E-state index contributed by atoms with van der Waals surface area (Å²) in [5.74, 6) is 0.803. The molecule has 3 aromatic rings. The lowest BCUT2D eigenvalue weighted by atomic mass is 10.0. The lowest BCUT2D eigenvalue weighted by Gasteiger charge is -2.10. The molecule has 0 radical (unpaired) electrons. The third-order valence-corrected chi connectivity index (χ3v) is 4.05. The molecule has 0 saturated carbocycles. The molecule has 0 aliphatic carbocycles. The number of hydrogen-bond acceptors (Lipinski definition) is 5. The highest BCUT2D eigenvalue weighted by atomic mass is 16.5. The Labute approximate surface area is 139 Å². The third kappa shape index (κ3) is 2.63. The van der Waals surface area contributed by atoms with E-state index in [-0.39, 0.29) is 17.8 Å². The molecule has 5 heteroatoms. The van der Waals surface area contributed by atoms with Crippen molar-refractivity contribution in [3.8, 4) is 22.6 Å². The van der Waals surface area contributed by atoms with Crippen LogP contribution < -0.4 is 10.2 Å². The van der Waals surface area contributed by atoms with E-state index in [0.717, 1.165) is 5.56 Å². The molecule has 1 aromatic heterocycles. The van der Waals surface area contributed by atoms with Crippen molar-refractivity contribution < 1.29 is 19.0 Å². The van der Waals surface area contributed by atoms with E-state index in [1.54, 1.807) is 44.4 Å². The van der Waals surface area contributed by atoms with E-state index in [1.807, 2.05) is 0 Å². The van der Waals surface area contributed by atoms with Crippen LogP contribution in [0.25, 0.3) is 22.1 Å². The van der Waals surface area contributed by atoms with Gasteiger partial charge in [-0.05, 0) is 30.7 Å². The second-order valence-corrected chi connectivity index (χ2v) is 5.53. The topological polar surface area (TPSA) is 68.9 Å². The summed E-state index contributed by atoms with van der Waals surface area (Å²) < 4.78 is 15.9. The zero-order chi connectivity index (χ0) is 17.3. The maximum atomic E-state index is 12.9. The number of methoxy groups -OCH3 is 2. The number of benzene rings is 2. The zero-order valence-corrected chi connectivity index (χ0v) is 13.8. The van der Waals surface area contributed by atoms with Gasteiger partial charge in [-0.25, -0.2) is 0 Å². The summed E-state index contributed by atoms with van der Waals surface area (Å²) in [5.41, 5.74) is 2.51. The van der Waals surface area contributed by atoms with Crippen LogP contribution in [0.2, 0.25) is 0 Å². The van der Waals surface area contributed by atoms with Crippen molar-refractivity contribution in [2.45, 2.75) is 13.5 Å². The molecular weight excluding hydrogens is 308 g/mol. The zero-order valence-electron chi connectivity index (χ0n) is 13.8. The summed E-state index contributed by atoms with van der Waals surface area (Å²) in [6.07, 6.45) is 1.43. The molecule has 124 valence electrons. The maximum Gasteiger partial charge on any atom is 0.200 e. The quantitative estimate of drug-likeness (QED) is 0.793. The molecule has 0 saturated heterocycles. The Morgan fingerprint density at radius 1 is 1.17 bits per heavy atom. The summed E-state index contributed by atoms with van der Waals surface area (Å²) in [6.45, 7) is 1.93. The van der Waals surface area contributed by atoms with Crippen molar-refractivity contribution >= 4 is 11.0 Å². The first kappa shape index (κ1) is 16.1. The van der Waals surface area contributed by atoms with Gasteiger partial charge in [0.25, 0.3) is 0 Å². The standard InChI is InChI=1S/C19H18O5/c1-11-17(20)13(9-22-2)8-15-18(21)16(10-24-19(11)15)12-4-6-14(23-3)7-5-12/h4-8,10,20H,9H2,1-3H3. The number of hydrogen-bond donors (Lipinski definition) is 1. The highest BCUT2D eigenvalue weighted by molar-refractivity contribution is 5.86. The normalized spacial score (nSPS) is 11.0. The second-order valence-electron chi connectivity index (χ2n) is 5.53. The molecule has 0 unspecified atom stereocenters. The van der Waals surface area contributed by atoms with E-state index in [2.05, 4.69) is 0 Å². The van der Waals surface area contributed by atoms with Gasteiger partial charge in [-0.1, -0.05) is 12.1 Å². The lowest BCUT2D eigenvalue weighted by Crippen LogP contribution is -2.06. The van der Waals surface area contributed by atoms with E-state index < -0.39 is 0 Å². The average molecular weight is 326 g/mol. The van der Waals surface area contributed by atoms with Crippen LogP contribution in [0.4, 0.5) is 0 Å². The molecule has 24 heavy (non-hydrogen) atoms. The van der Waals surface area contributed by atoms with Crippen LogP contribution in [0.5, 0.6) is 11.5 Å². The van der Waals surface area contributed by atoms with E-state index >= 15 is 0 Å². The Morgan fingerprint density at radius 3 is 2.50 bits per heavy atom. The molecule has 0 aliphatic rings. The number of ether oxygens (including phenoxy) is 2. The Kier molecular flexibility index (Phi) is 4.27. The van der Waals surface area contributed by atoms with E-state index in [1.165, 1.54) is 13.4 Å². The number of phenols is 1. The molecule has 5 nitrogen and oxygen atoms in total. The second kappa shape index (κ2) is 6.37. The predicted octanol–water partition coefficient (Wildman–Crippen LogP) is 3.63. The molecule has 2 aromatic carbocycles. The molecule has 0 amide bonds. The molecular formula is C19H18O5. The van der Waals surface area contributed by atoms with Crippen LogP contribution >= 0.6 is 0 Å². The van der Waals surface area contributed by atoms with Gasteiger partial charge in [-0.15, -0.1) is 0 Å². The minimum Gasteiger partial charge on any atom is -0.507 e. The van der Waals surface area contributed by atoms with Gasteiger partial charge in [0, 0.05) is 18.2 Å². The molecule has 0 aliphatic heterocycles. The van der Waals surface area contributed by atoms with Crippen LogP contribution in [-0.4, -0.2) is 19.3 Å². The van der Waals surface area contributed by atoms with Crippen LogP contribution in [0.15, 0.2) is 45.8 Å². The van der Waals surface area contributed by atoms with Crippen molar-refractivity contribution in [3.05, 3.63) is 57.9 Å². The monoisotopic (exact) mass is 326 g/mol. The smallest absolute Gasteiger partial charge is 0.200 e. The summed E-state index contributed by atoms with van der Waals surface area (Å²) >= 11 is 0. The summed E-state index contributed by atoms with van der Waals surface area (Å²) in [4.78, 5) is 12.9. The summed E-state index contributed by atoms with van der Waals surface area (Å²) in [7, 11) is 3.13. The van der Waals surface area contributed by atoms with Crippen molar-refractivity contribution in [1.29, 1.82) is 0 Å². The van der Waals surface area contributed by atoms with Crippen LogP contribution in [0, 0.1) is 6.92 Å². The van der Waals surface area contributed by atoms with Gasteiger partial charge in [0.15, 0.2) is 0 Å². The molecule has 0 spiro atoms. The third-order valence-electron chi connectivity index (χ3n) is 4.05. The first-order valence-electron chi connectivity index (χ1n) is 7.47. The van der Waals surface area contributed by atoms with E-state index in [9.17, 15) is 9.90 Å². The van der Waals surface area contributed by atoms with Crippen LogP contribution in [0.1, 0.15) is 11.1 Å². The minimum absolute atomic E-state index is 0.0877. The van der Waals surface area contributed by atoms with Gasteiger partial charge in [0.2, 0.25) is 5.43 Å². The molecule has 0 atom stereocenters. The minimum atomic E-state index is -0.151. The fourth-order valence-electron chi connectivity index (χ4n) is 2.73. The van der Waals surface area contributed by atoms with Gasteiger partial charge < -0.3 is 19.0 Å². The lowest BCUT2D eigenvalue weighted by molar-refractivity contribution is 0.182. The Morgan fingerprint density at radius 2 is 1.88 bits per heavy atom. The van der Waals surface area contributed by atoms with Gasteiger partial charge in [-0.2, -0.15) is 0 Å². The van der Waals surface area contributed by atoms with Crippen molar-refractivity contribution in [2.75, 3.05) is 14.2 Å². The molecule has 0 fully saturated rings. The van der Waals surface area contributed by atoms with E-state index in [4.69, 9.17) is 13.9 Å². The van der Waals surface area contributed by atoms with Crippen molar-refractivity contribution in [2.24, 2.45) is 0 Å². The first-order chi connectivity index (χ1) is 11.6. The number of aromatic hydroxyl groups is 1. The van der Waals surface area contributed by atoms with Crippen LogP contribution in [0.3, 0.4) is 0 Å². The number of aryl methyl sites for hydroxylation is 1. The highest BCUT2D eigenvalue weighted by Gasteiger charge is 2.16. The van der Waals surface area contributed by atoms with Gasteiger partial charge in [-0.3, -0.25) is 4.79 Å². The van der Waals surface area contributed by atoms with Crippen LogP contribution in [-0.2, 0) is 11.3 Å². The maximum absolute atomic E-state index is 12.9. The first-order valence-corrected chi connectivity index (χ1v) is 7.47. The van der Waals surface area contributed by atoms with E-state index in [0.29, 0.717) is 33.4 Å². The molecule has 3 rings (SSSR count). The Balaban J connectivity index is 2.23. The highest BCUT2D eigenvalue weighted by Crippen LogP contribution is 2.31. The fraction of sp³-hybridized carbons (Fsp3) is 0.211. The number of fused-ring (bicyclic) bond motifs is 1. The van der Waals surface area contributed by atoms with Gasteiger partial charge in [0.05, 0.1) is 24.7 Å². The SMILES string of the molecule is COCc1cc2c(=O)c(-c3ccc(OC)cc3)coc2c(C)c1O. The molecule has 1 heterocycles. The summed E-state index contributed by atoms with van der Waals surface area (Å²) in [5, 5.41) is 10.6. The van der Waals surface area contributed by atoms with Gasteiger partial charge >= 0.3 is 0 Å². The Bertz CT molecular complexity index is 939. The Hall–Kier alpha value is -2.79. The molecule has 0 bridgehead atoms. The average Bonchev–Trinajstić information content (AvgIpc) is 2.60. The number of phenolic OH excluding ortho intramolecular Hbond substituents is 1. The van der Waals surface area contributed by atoms with Crippen molar-refractivity contribution in [3.63, 3.8) is 0 Å². The van der Waals surface area contributed by atoms with Crippen molar-refractivity contribution in [1.82, 2.24) is 0 Å². The predicted molar refractivity (Wildman–Crippen MR) is 91.6 cm³/mol. The number of rotatable bonds is 4. The largest absolute Gasteiger partial charge is 0.507 e. The van der Waals surface area contributed by atoms with Gasteiger partial charge in [0.1, 0.15) is 23.3 Å². The molecule has 1 N–H and O–H groups in total.